The van der Waals surface area contributed by atoms with E-state index in [4.69, 9.17) is 0 Å². The molecule has 2 aliphatic carbocycles. The van der Waals surface area contributed by atoms with Crippen molar-refractivity contribution in [3.05, 3.63) is 48.0 Å². The molecule has 20 heavy (non-hydrogen) atoms. The molecule has 0 spiro atoms. The van der Waals surface area contributed by atoms with Crippen LogP contribution in [0.4, 0.5) is 0 Å². The highest BCUT2D eigenvalue weighted by molar-refractivity contribution is 8.76. The van der Waals surface area contributed by atoms with Crippen LogP contribution in [0.25, 0.3) is 0 Å². The molecule has 0 amide bonds. The fraction of sp³-hybridized carbons (Fsp3) is 0.429. The topological polar surface area (TPSA) is 80.9 Å². The van der Waals surface area contributed by atoms with E-state index in [1.54, 1.807) is 24.3 Å². The van der Waals surface area contributed by atoms with Crippen LogP contribution in [0.2, 0.25) is 0 Å². The quantitative estimate of drug-likeness (QED) is 0.461. The van der Waals surface area contributed by atoms with Crippen LogP contribution in [0, 0.1) is 0 Å². The molecule has 4 nitrogen and oxygen atoms in total. The van der Waals surface area contributed by atoms with E-state index in [1.165, 1.54) is 33.7 Å². The Morgan fingerprint density at radius 2 is 1.25 bits per heavy atom. The maximum atomic E-state index is 10.2. The first-order chi connectivity index (χ1) is 9.41. The largest absolute Gasteiger partial charge is 0.508 e. The van der Waals surface area contributed by atoms with Gasteiger partial charge in [0.05, 0.1) is 11.2 Å². The Labute approximate surface area is 126 Å². The highest BCUT2D eigenvalue weighted by atomic mass is 33.1. The van der Waals surface area contributed by atoms with E-state index >= 15 is 0 Å². The van der Waals surface area contributed by atoms with Crippen LogP contribution in [0.15, 0.2) is 48.0 Å². The van der Waals surface area contributed by atoms with Crippen LogP contribution in [-0.2, 0) is 0 Å². The molecule has 0 saturated heterocycles. The van der Waals surface area contributed by atoms with Crippen LogP contribution in [0.5, 0.6) is 0 Å². The minimum atomic E-state index is -0.937. The summed E-state index contributed by atoms with van der Waals surface area (Å²) in [6.07, 6.45) is 10.2. The summed E-state index contributed by atoms with van der Waals surface area (Å²) in [6.45, 7) is 0. The van der Waals surface area contributed by atoms with E-state index in [0.29, 0.717) is 24.3 Å². The fourth-order valence-electron chi connectivity index (χ4n) is 1.82. The fourth-order valence-corrected chi connectivity index (χ4v) is 4.54. The monoisotopic (exact) mass is 314 g/mol. The Balaban J connectivity index is 1.72. The molecule has 2 atom stereocenters. The lowest BCUT2D eigenvalue weighted by molar-refractivity contribution is 0.115. The second-order valence-electron chi connectivity index (χ2n) is 5.06. The third-order valence-corrected chi connectivity index (χ3v) is 5.77. The first kappa shape index (κ1) is 15.6. The minimum Gasteiger partial charge on any atom is -0.508 e. The van der Waals surface area contributed by atoms with Gasteiger partial charge in [-0.05, 0) is 36.5 Å². The molecule has 4 N–H and O–H groups in total. The molecule has 2 aliphatic rings. The number of allylic oxidation sites excluding steroid dienone is 2. The summed E-state index contributed by atoms with van der Waals surface area (Å²) in [5.74, 6) is 1.33. The molecule has 0 heterocycles. The zero-order valence-electron chi connectivity index (χ0n) is 10.9. The van der Waals surface area contributed by atoms with E-state index in [2.05, 4.69) is 0 Å². The highest BCUT2D eigenvalue weighted by Crippen LogP contribution is 2.34. The van der Waals surface area contributed by atoms with E-state index in [-0.39, 0.29) is 11.5 Å². The van der Waals surface area contributed by atoms with Crippen molar-refractivity contribution in [3.63, 3.8) is 0 Å². The van der Waals surface area contributed by atoms with E-state index in [1.807, 2.05) is 0 Å². The second-order valence-corrected chi connectivity index (χ2v) is 7.53. The van der Waals surface area contributed by atoms with Gasteiger partial charge >= 0.3 is 0 Å². The first-order valence-electron chi connectivity index (χ1n) is 6.27. The molecular weight excluding hydrogens is 296 g/mol. The van der Waals surface area contributed by atoms with Gasteiger partial charge in [-0.3, -0.25) is 0 Å². The molecule has 0 aliphatic heterocycles. The van der Waals surface area contributed by atoms with Gasteiger partial charge in [0.1, 0.15) is 11.5 Å². The average molecular weight is 314 g/mol. The third kappa shape index (κ3) is 4.34. The predicted octanol–water partition coefficient (Wildman–Crippen LogP) is 2.63. The van der Waals surface area contributed by atoms with Crippen LogP contribution in [0.1, 0.15) is 12.8 Å². The Kier molecular flexibility index (Phi) is 4.90. The van der Waals surface area contributed by atoms with Crippen molar-refractivity contribution in [2.75, 3.05) is 11.5 Å². The number of aliphatic hydroxyl groups is 4. The molecule has 110 valence electrons. The molecule has 0 aromatic rings. The molecule has 2 unspecified atom stereocenters. The molecule has 0 bridgehead atoms. The zero-order valence-corrected chi connectivity index (χ0v) is 12.5. The van der Waals surface area contributed by atoms with Gasteiger partial charge in [0, 0.05) is 24.3 Å². The van der Waals surface area contributed by atoms with Crippen LogP contribution >= 0.6 is 21.6 Å². The number of hydrogen-bond acceptors (Lipinski definition) is 6. The third-order valence-electron chi connectivity index (χ3n) is 3.16. The molecule has 0 radical (unpaired) electrons. The smallest absolute Gasteiger partial charge is 0.111 e. The van der Waals surface area contributed by atoms with Crippen molar-refractivity contribution in [2.45, 2.75) is 24.0 Å². The van der Waals surface area contributed by atoms with Gasteiger partial charge in [-0.1, -0.05) is 21.6 Å². The lowest BCUT2D eigenvalue weighted by Gasteiger charge is -2.27. The molecule has 0 fully saturated rings. The summed E-state index contributed by atoms with van der Waals surface area (Å²) in [5, 5.41) is 38.9. The van der Waals surface area contributed by atoms with Crippen LogP contribution < -0.4 is 0 Å². The number of aliphatic hydroxyl groups excluding tert-OH is 2. The SMILES string of the molecule is OC1=CCC(O)(CSSCC2(O)C=CC(O)=CC2)C=C1. The Morgan fingerprint density at radius 1 is 0.850 bits per heavy atom. The summed E-state index contributed by atoms with van der Waals surface area (Å²) in [5.41, 5.74) is -1.87. The predicted molar refractivity (Wildman–Crippen MR) is 83.8 cm³/mol. The number of rotatable bonds is 5. The van der Waals surface area contributed by atoms with Gasteiger partial charge in [0.15, 0.2) is 0 Å². The van der Waals surface area contributed by atoms with Crippen molar-refractivity contribution in [1.82, 2.24) is 0 Å². The Morgan fingerprint density at radius 3 is 1.55 bits per heavy atom. The highest BCUT2D eigenvalue weighted by Gasteiger charge is 2.28. The molecule has 6 heteroatoms. The van der Waals surface area contributed by atoms with Gasteiger partial charge in [0.2, 0.25) is 0 Å². The van der Waals surface area contributed by atoms with Gasteiger partial charge in [0.25, 0.3) is 0 Å². The van der Waals surface area contributed by atoms with Crippen molar-refractivity contribution in [3.8, 4) is 0 Å². The van der Waals surface area contributed by atoms with Crippen molar-refractivity contribution in [1.29, 1.82) is 0 Å². The summed E-state index contributed by atoms with van der Waals surface area (Å²) >= 11 is 0. The molecule has 0 aromatic heterocycles. The van der Waals surface area contributed by atoms with Crippen LogP contribution in [0.3, 0.4) is 0 Å². The molecular formula is C14H18O4S2. The van der Waals surface area contributed by atoms with Gasteiger partial charge in [-0.2, -0.15) is 0 Å². The van der Waals surface area contributed by atoms with E-state index in [0.717, 1.165) is 0 Å². The maximum Gasteiger partial charge on any atom is 0.111 e. The summed E-state index contributed by atoms with van der Waals surface area (Å²) in [4.78, 5) is 0. The van der Waals surface area contributed by atoms with Gasteiger partial charge in [-0.15, -0.1) is 0 Å². The lowest BCUT2D eigenvalue weighted by atomic mass is 9.97. The molecule has 2 rings (SSSR count). The standard InChI is InChI=1S/C14H18O4S2/c15-11-1-5-13(17,6-2-11)9-19-20-10-14(18)7-3-12(16)4-8-14/h1-5,7,15-18H,6,8-10H2. The zero-order chi connectivity index (χ0) is 14.6. The average Bonchev–Trinajstić information content (AvgIpc) is 2.43. The maximum absolute atomic E-state index is 10.2. The van der Waals surface area contributed by atoms with E-state index in [9.17, 15) is 20.4 Å². The minimum absolute atomic E-state index is 0.181. The second kappa shape index (κ2) is 6.30. The summed E-state index contributed by atoms with van der Waals surface area (Å²) in [7, 11) is 2.96. The summed E-state index contributed by atoms with van der Waals surface area (Å²) in [6, 6.07) is 0. The van der Waals surface area contributed by atoms with Crippen molar-refractivity contribution in [2.24, 2.45) is 0 Å². The lowest BCUT2D eigenvalue weighted by Crippen LogP contribution is -2.31. The van der Waals surface area contributed by atoms with Crippen LogP contribution in [-0.4, -0.2) is 43.1 Å². The van der Waals surface area contributed by atoms with E-state index < -0.39 is 11.2 Å². The summed E-state index contributed by atoms with van der Waals surface area (Å²) < 4.78 is 0. The number of hydrogen-bond donors (Lipinski definition) is 4. The normalized spacial score (nSPS) is 32.9. The Hall–Kier alpha value is -0.820. The first-order valence-corrected chi connectivity index (χ1v) is 8.76. The Bertz CT molecular complexity index is 440. The van der Waals surface area contributed by atoms with Gasteiger partial charge in [-0.25, -0.2) is 0 Å². The van der Waals surface area contributed by atoms with Gasteiger partial charge < -0.3 is 20.4 Å². The van der Waals surface area contributed by atoms with Crippen molar-refractivity contribution < 1.29 is 20.4 Å². The van der Waals surface area contributed by atoms with Crippen molar-refractivity contribution >= 4 is 21.6 Å². The molecule has 0 saturated carbocycles. The molecule has 0 aromatic carbocycles.